The van der Waals surface area contributed by atoms with E-state index in [1.807, 2.05) is 0 Å². The van der Waals surface area contributed by atoms with Gasteiger partial charge in [0.15, 0.2) is 0 Å². The molecule has 118 valence electrons. The molecule has 2 aliphatic heterocycles. The highest BCUT2D eigenvalue weighted by Crippen LogP contribution is 2.41. The van der Waals surface area contributed by atoms with Gasteiger partial charge in [-0.25, -0.2) is 0 Å². The minimum Gasteiger partial charge on any atom is -0.381 e. The minimum atomic E-state index is 0.201. The van der Waals surface area contributed by atoms with Gasteiger partial charge in [0, 0.05) is 19.8 Å². The van der Waals surface area contributed by atoms with Crippen LogP contribution in [0.25, 0.3) is 0 Å². The van der Waals surface area contributed by atoms with E-state index in [4.69, 9.17) is 9.47 Å². The Balaban J connectivity index is 1.55. The number of rotatable bonds is 7. The van der Waals surface area contributed by atoms with E-state index in [1.165, 1.54) is 56.8 Å². The first-order valence-electron chi connectivity index (χ1n) is 8.30. The number of hydrogen-bond donors (Lipinski definition) is 0. The van der Waals surface area contributed by atoms with Gasteiger partial charge in [-0.1, -0.05) is 0 Å². The average molecular weight is 318 g/mol. The SMILES string of the molecule is CP(CCP(C)CC1CCCCO1)CC1CCCOC1. The molecule has 4 heteroatoms. The second-order valence-electron chi connectivity index (χ2n) is 6.60. The lowest BCUT2D eigenvalue weighted by molar-refractivity contribution is 0.0309. The van der Waals surface area contributed by atoms with E-state index in [0.29, 0.717) is 6.10 Å². The van der Waals surface area contributed by atoms with E-state index in [0.717, 1.165) is 25.7 Å². The highest BCUT2D eigenvalue weighted by Gasteiger charge is 2.19. The zero-order valence-corrected chi connectivity index (χ0v) is 15.1. The molecule has 0 spiro atoms. The largest absolute Gasteiger partial charge is 0.381 e. The molecule has 0 saturated carbocycles. The molecule has 0 bridgehead atoms. The second kappa shape index (κ2) is 9.73. The summed E-state index contributed by atoms with van der Waals surface area (Å²) in [5, 5.41) is 0. The Morgan fingerprint density at radius 2 is 1.70 bits per heavy atom. The predicted molar refractivity (Wildman–Crippen MR) is 92.3 cm³/mol. The van der Waals surface area contributed by atoms with E-state index in [-0.39, 0.29) is 15.8 Å². The summed E-state index contributed by atoms with van der Waals surface area (Å²) in [6, 6.07) is 0. The van der Waals surface area contributed by atoms with Crippen LogP contribution in [-0.2, 0) is 9.47 Å². The molecule has 2 rings (SSSR count). The third-order valence-corrected chi connectivity index (χ3v) is 8.97. The predicted octanol–water partition coefficient (Wildman–Crippen LogP) is 4.21. The Bertz CT molecular complexity index is 225. The topological polar surface area (TPSA) is 18.5 Å². The van der Waals surface area contributed by atoms with Gasteiger partial charge in [-0.3, -0.25) is 0 Å². The molecular weight excluding hydrogens is 286 g/mol. The van der Waals surface area contributed by atoms with Crippen molar-refractivity contribution in [3.63, 3.8) is 0 Å². The van der Waals surface area contributed by atoms with E-state index in [1.54, 1.807) is 0 Å². The quantitative estimate of drug-likeness (QED) is 0.655. The monoisotopic (exact) mass is 318 g/mol. The van der Waals surface area contributed by atoms with Crippen LogP contribution in [0, 0.1) is 5.92 Å². The Kier molecular flexibility index (Phi) is 8.34. The Morgan fingerprint density at radius 3 is 2.35 bits per heavy atom. The fourth-order valence-electron chi connectivity index (χ4n) is 3.22. The maximum Gasteiger partial charge on any atom is 0.0614 e. The minimum absolute atomic E-state index is 0.201. The molecule has 0 aromatic carbocycles. The summed E-state index contributed by atoms with van der Waals surface area (Å²) in [5.74, 6) is 0.865. The van der Waals surface area contributed by atoms with Crippen LogP contribution in [0.3, 0.4) is 0 Å². The molecule has 0 N–H and O–H groups in total. The molecule has 0 aromatic heterocycles. The normalized spacial score (nSPS) is 30.9. The third kappa shape index (κ3) is 6.69. The van der Waals surface area contributed by atoms with Gasteiger partial charge in [-0.05, 0) is 76.0 Å². The van der Waals surface area contributed by atoms with Gasteiger partial charge in [0.05, 0.1) is 6.10 Å². The van der Waals surface area contributed by atoms with Gasteiger partial charge in [0.2, 0.25) is 0 Å². The molecule has 2 fully saturated rings. The Labute approximate surface area is 127 Å². The molecule has 0 radical (unpaired) electrons. The van der Waals surface area contributed by atoms with Crippen molar-refractivity contribution >= 4 is 15.8 Å². The number of ether oxygens (including phenoxy) is 2. The van der Waals surface area contributed by atoms with E-state index in [9.17, 15) is 0 Å². The fraction of sp³-hybridized carbons (Fsp3) is 1.00. The summed E-state index contributed by atoms with van der Waals surface area (Å²) in [6.45, 7) is 8.03. The van der Waals surface area contributed by atoms with Crippen molar-refractivity contribution < 1.29 is 9.47 Å². The molecular formula is C16H32O2P2. The second-order valence-corrected chi connectivity index (χ2v) is 11.6. The molecule has 4 unspecified atom stereocenters. The first kappa shape index (κ1) is 17.1. The van der Waals surface area contributed by atoms with Crippen LogP contribution in [-0.4, -0.2) is 63.9 Å². The first-order valence-corrected chi connectivity index (χ1v) is 12.6. The van der Waals surface area contributed by atoms with Crippen molar-refractivity contribution in [2.24, 2.45) is 5.92 Å². The Morgan fingerprint density at radius 1 is 0.900 bits per heavy atom. The highest BCUT2D eigenvalue weighted by molar-refractivity contribution is 7.60. The van der Waals surface area contributed by atoms with Crippen molar-refractivity contribution in [1.29, 1.82) is 0 Å². The van der Waals surface area contributed by atoms with Gasteiger partial charge >= 0.3 is 0 Å². The maximum absolute atomic E-state index is 5.88. The molecule has 2 aliphatic rings. The van der Waals surface area contributed by atoms with Crippen molar-refractivity contribution in [1.82, 2.24) is 0 Å². The summed E-state index contributed by atoms with van der Waals surface area (Å²) in [4.78, 5) is 0. The van der Waals surface area contributed by atoms with Crippen LogP contribution < -0.4 is 0 Å². The standard InChI is InChI=1S/C16H32O2P2/c1-19(13-15-6-5-8-17-12-15)10-11-20(2)14-16-7-3-4-9-18-16/h15-16H,3-14H2,1-2H3. The van der Waals surface area contributed by atoms with Gasteiger partial charge in [0.1, 0.15) is 0 Å². The van der Waals surface area contributed by atoms with Gasteiger partial charge in [0.25, 0.3) is 0 Å². The molecule has 0 amide bonds. The van der Waals surface area contributed by atoms with Crippen molar-refractivity contribution in [3.8, 4) is 0 Å². The molecule has 0 aliphatic carbocycles. The van der Waals surface area contributed by atoms with Crippen molar-refractivity contribution in [2.45, 2.75) is 38.2 Å². The van der Waals surface area contributed by atoms with Gasteiger partial charge in [-0.15, -0.1) is 15.8 Å². The average Bonchev–Trinajstić information content (AvgIpc) is 2.47. The Hall–Kier alpha value is 0.780. The third-order valence-electron chi connectivity index (χ3n) is 4.48. The lowest BCUT2D eigenvalue weighted by Gasteiger charge is -2.27. The fourth-order valence-corrected chi connectivity index (χ4v) is 8.46. The van der Waals surface area contributed by atoms with E-state index < -0.39 is 0 Å². The lowest BCUT2D eigenvalue weighted by atomic mass is 10.1. The maximum atomic E-state index is 5.88. The highest BCUT2D eigenvalue weighted by atomic mass is 31.1. The molecule has 20 heavy (non-hydrogen) atoms. The summed E-state index contributed by atoms with van der Waals surface area (Å²) in [6.07, 6.45) is 13.0. The van der Waals surface area contributed by atoms with Crippen LogP contribution in [0.4, 0.5) is 0 Å². The molecule has 2 heterocycles. The van der Waals surface area contributed by atoms with Crippen LogP contribution in [0.5, 0.6) is 0 Å². The summed E-state index contributed by atoms with van der Waals surface area (Å²) >= 11 is 0. The molecule has 0 aromatic rings. The van der Waals surface area contributed by atoms with Crippen LogP contribution in [0.1, 0.15) is 32.1 Å². The zero-order chi connectivity index (χ0) is 14.2. The van der Waals surface area contributed by atoms with Crippen molar-refractivity contribution in [2.75, 3.05) is 57.8 Å². The van der Waals surface area contributed by atoms with Gasteiger partial charge < -0.3 is 9.47 Å². The molecule has 2 nitrogen and oxygen atoms in total. The molecule has 2 saturated heterocycles. The van der Waals surface area contributed by atoms with Crippen LogP contribution in [0.2, 0.25) is 0 Å². The summed E-state index contributed by atoms with van der Waals surface area (Å²) in [7, 11) is 0.437. The van der Waals surface area contributed by atoms with E-state index in [2.05, 4.69) is 13.3 Å². The zero-order valence-electron chi connectivity index (χ0n) is 13.4. The van der Waals surface area contributed by atoms with E-state index >= 15 is 0 Å². The van der Waals surface area contributed by atoms with Crippen LogP contribution in [0.15, 0.2) is 0 Å². The lowest BCUT2D eigenvalue weighted by Crippen LogP contribution is -2.22. The number of hydrogen-bond acceptors (Lipinski definition) is 2. The first-order chi connectivity index (χ1) is 9.74. The smallest absolute Gasteiger partial charge is 0.0614 e. The summed E-state index contributed by atoms with van der Waals surface area (Å²) < 4.78 is 11.5. The van der Waals surface area contributed by atoms with Gasteiger partial charge in [-0.2, -0.15) is 0 Å². The summed E-state index contributed by atoms with van der Waals surface area (Å²) in [5.41, 5.74) is 0. The van der Waals surface area contributed by atoms with Crippen molar-refractivity contribution in [3.05, 3.63) is 0 Å². The van der Waals surface area contributed by atoms with Crippen LogP contribution >= 0.6 is 15.8 Å². The molecule has 4 atom stereocenters.